The second-order valence-electron chi connectivity index (χ2n) is 5.09. The number of methoxy groups -OCH3 is 1. The number of halogens is 1. The van der Waals surface area contributed by atoms with E-state index < -0.39 is 23.9 Å². The Morgan fingerprint density at radius 1 is 1.35 bits per heavy atom. The monoisotopic (exact) mass is 322 g/mol. The Morgan fingerprint density at radius 2 is 2.04 bits per heavy atom. The maximum absolute atomic E-state index is 14.1. The van der Waals surface area contributed by atoms with Gasteiger partial charge in [-0.2, -0.15) is 0 Å². The van der Waals surface area contributed by atoms with E-state index in [0.29, 0.717) is 5.70 Å². The van der Waals surface area contributed by atoms with Gasteiger partial charge in [-0.3, -0.25) is 0 Å². The number of carbonyl (C=O) groups is 2. The molecular formula is C16H19FN2O4. The fraction of sp³-hybridized carbons (Fsp3) is 0.375. The molecule has 7 heteroatoms. The van der Waals surface area contributed by atoms with E-state index in [1.165, 1.54) is 31.2 Å². The van der Waals surface area contributed by atoms with E-state index in [4.69, 9.17) is 9.47 Å². The first-order valence-electron chi connectivity index (χ1n) is 7.12. The maximum Gasteiger partial charge on any atom is 0.338 e. The van der Waals surface area contributed by atoms with E-state index in [9.17, 15) is 14.0 Å². The Morgan fingerprint density at radius 3 is 2.70 bits per heavy atom. The van der Waals surface area contributed by atoms with Crippen molar-refractivity contribution >= 4 is 12.0 Å². The molecule has 0 fully saturated rings. The third kappa shape index (κ3) is 3.50. The molecule has 1 N–H and O–H groups in total. The number of nitrogens with zero attached hydrogens (tertiary/aromatic N) is 1. The van der Waals surface area contributed by atoms with E-state index in [-0.39, 0.29) is 24.4 Å². The fourth-order valence-corrected chi connectivity index (χ4v) is 2.34. The van der Waals surface area contributed by atoms with Crippen LogP contribution >= 0.6 is 0 Å². The van der Waals surface area contributed by atoms with Crippen LogP contribution in [0.5, 0.6) is 0 Å². The number of hydrogen-bond donors (Lipinski definition) is 1. The standard InChI is InChI=1S/C16H19FN2O4/c1-10-13(15(20)23-9-8-22-3)14(18-16(21)19(10)2)11-6-4-5-7-12(11)17/h4-7,14H,8-9H2,1-3H3,(H,18,21). The van der Waals surface area contributed by atoms with Crippen LogP contribution in [0, 0.1) is 5.82 Å². The minimum atomic E-state index is -0.894. The molecule has 2 rings (SSSR count). The lowest BCUT2D eigenvalue weighted by Crippen LogP contribution is -2.46. The third-order valence-corrected chi connectivity index (χ3v) is 3.71. The number of amides is 2. The fourth-order valence-electron chi connectivity index (χ4n) is 2.34. The highest BCUT2D eigenvalue weighted by atomic mass is 19.1. The average Bonchev–Trinajstić information content (AvgIpc) is 2.53. The van der Waals surface area contributed by atoms with Crippen molar-refractivity contribution in [2.75, 3.05) is 27.4 Å². The van der Waals surface area contributed by atoms with E-state index >= 15 is 0 Å². The number of esters is 1. The SMILES string of the molecule is COCCOC(=O)C1=C(C)N(C)C(=O)NC1c1ccccc1F. The first-order chi connectivity index (χ1) is 11.0. The molecular weight excluding hydrogens is 303 g/mol. The number of urea groups is 1. The van der Waals surface area contributed by atoms with Crippen LogP contribution in [0.4, 0.5) is 9.18 Å². The predicted molar refractivity (Wildman–Crippen MR) is 81.0 cm³/mol. The average molecular weight is 322 g/mol. The zero-order valence-electron chi connectivity index (χ0n) is 13.3. The van der Waals surface area contributed by atoms with Gasteiger partial charge >= 0.3 is 12.0 Å². The van der Waals surface area contributed by atoms with Gasteiger partial charge in [-0.05, 0) is 13.0 Å². The molecule has 124 valence electrons. The van der Waals surface area contributed by atoms with Gasteiger partial charge in [0.1, 0.15) is 12.4 Å². The molecule has 1 aliphatic rings. The first kappa shape index (κ1) is 17.0. The minimum Gasteiger partial charge on any atom is -0.460 e. The lowest BCUT2D eigenvalue weighted by atomic mass is 9.94. The number of rotatable bonds is 5. The van der Waals surface area contributed by atoms with Crippen molar-refractivity contribution in [2.24, 2.45) is 0 Å². The lowest BCUT2D eigenvalue weighted by Gasteiger charge is -2.33. The van der Waals surface area contributed by atoms with Crippen LogP contribution in [0.3, 0.4) is 0 Å². The Labute approximate surface area is 133 Å². The normalized spacial score (nSPS) is 18.0. The molecule has 23 heavy (non-hydrogen) atoms. The third-order valence-electron chi connectivity index (χ3n) is 3.71. The van der Waals surface area contributed by atoms with Crippen LogP contribution in [-0.4, -0.2) is 44.3 Å². The van der Waals surface area contributed by atoms with Crippen LogP contribution in [-0.2, 0) is 14.3 Å². The Hall–Kier alpha value is -2.41. The highest BCUT2D eigenvalue weighted by molar-refractivity contribution is 5.95. The number of benzene rings is 1. The van der Waals surface area contributed by atoms with Crippen LogP contribution in [0.1, 0.15) is 18.5 Å². The van der Waals surface area contributed by atoms with Crippen LogP contribution in [0.25, 0.3) is 0 Å². The molecule has 0 saturated carbocycles. The van der Waals surface area contributed by atoms with Crippen LogP contribution in [0.15, 0.2) is 35.5 Å². The van der Waals surface area contributed by atoms with E-state index in [0.717, 1.165) is 0 Å². The second kappa shape index (κ2) is 7.23. The molecule has 1 aromatic carbocycles. The summed E-state index contributed by atoms with van der Waals surface area (Å²) in [4.78, 5) is 25.7. The van der Waals surface area contributed by atoms with Crippen molar-refractivity contribution < 1.29 is 23.5 Å². The van der Waals surface area contributed by atoms with Gasteiger partial charge in [0, 0.05) is 25.4 Å². The Balaban J connectivity index is 2.40. The lowest BCUT2D eigenvalue weighted by molar-refractivity contribution is -0.140. The quantitative estimate of drug-likeness (QED) is 0.665. The predicted octanol–water partition coefficient (Wildman–Crippen LogP) is 1.99. The number of allylic oxidation sites excluding steroid dienone is 1. The molecule has 0 aromatic heterocycles. The van der Waals surface area contributed by atoms with Crippen LogP contribution in [0.2, 0.25) is 0 Å². The molecule has 1 unspecified atom stereocenters. The summed E-state index contributed by atoms with van der Waals surface area (Å²) >= 11 is 0. The van der Waals surface area contributed by atoms with E-state index in [1.807, 2.05) is 0 Å². The van der Waals surface area contributed by atoms with Gasteiger partial charge in [0.15, 0.2) is 0 Å². The van der Waals surface area contributed by atoms with Gasteiger partial charge in [0.25, 0.3) is 0 Å². The van der Waals surface area contributed by atoms with E-state index in [2.05, 4.69) is 5.32 Å². The van der Waals surface area contributed by atoms with E-state index in [1.54, 1.807) is 19.1 Å². The topological polar surface area (TPSA) is 67.9 Å². The zero-order chi connectivity index (χ0) is 17.0. The summed E-state index contributed by atoms with van der Waals surface area (Å²) in [6, 6.07) is 4.69. The molecule has 2 amide bonds. The van der Waals surface area contributed by atoms with Crippen molar-refractivity contribution in [2.45, 2.75) is 13.0 Å². The van der Waals surface area contributed by atoms with Crippen molar-refractivity contribution in [3.63, 3.8) is 0 Å². The van der Waals surface area contributed by atoms with Gasteiger partial charge in [0.2, 0.25) is 0 Å². The molecule has 0 saturated heterocycles. The molecule has 0 aliphatic carbocycles. The summed E-state index contributed by atoms with van der Waals surface area (Å²) in [5.41, 5.74) is 0.838. The highest BCUT2D eigenvalue weighted by Crippen LogP contribution is 2.31. The summed E-state index contributed by atoms with van der Waals surface area (Å²) in [6.07, 6.45) is 0. The van der Waals surface area contributed by atoms with Crippen LogP contribution < -0.4 is 5.32 Å². The first-order valence-corrected chi connectivity index (χ1v) is 7.12. The molecule has 1 aliphatic heterocycles. The number of carbonyl (C=O) groups excluding carboxylic acids is 2. The van der Waals surface area contributed by atoms with Gasteiger partial charge < -0.3 is 19.7 Å². The summed E-state index contributed by atoms with van der Waals surface area (Å²) in [6.45, 7) is 1.96. The molecule has 1 aromatic rings. The molecule has 1 atom stereocenters. The smallest absolute Gasteiger partial charge is 0.338 e. The molecule has 6 nitrogen and oxygen atoms in total. The summed E-state index contributed by atoms with van der Waals surface area (Å²) in [5.74, 6) is -1.11. The summed E-state index contributed by atoms with van der Waals surface area (Å²) in [5, 5.41) is 2.63. The molecule has 0 radical (unpaired) electrons. The van der Waals surface area contributed by atoms with Gasteiger partial charge in [0.05, 0.1) is 18.2 Å². The van der Waals surface area contributed by atoms with Gasteiger partial charge in [-0.25, -0.2) is 14.0 Å². The summed E-state index contributed by atoms with van der Waals surface area (Å²) in [7, 11) is 3.03. The molecule has 0 bridgehead atoms. The number of ether oxygens (including phenoxy) is 2. The van der Waals surface area contributed by atoms with Gasteiger partial charge in [-0.15, -0.1) is 0 Å². The van der Waals surface area contributed by atoms with Gasteiger partial charge in [-0.1, -0.05) is 18.2 Å². The van der Waals surface area contributed by atoms with Crippen molar-refractivity contribution in [3.8, 4) is 0 Å². The highest BCUT2D eigenvalue weighted by Gasteiger charge is 2.36. The Kier molecular flexibility index (Phi) is 5.33. The summed E-state index contributed by atoms with van der Waals surface area (Å²) < 4.78 is 24.1. The maximum atomic E-state index is 14.1. The molecule has 0 spiro atoms. The number of hydrogen-bond acceptors (Lipinski definition) is 4. The second-order valence-corrected chi connectivity index (χ2v) is 5.09. The molecule has 1 heterocycles. The zero-order valence-corrected chi connectivity index (χ0v) is 13.3. The largest absolute Gasteiger partial charge is 0.460 e. The minimum absolute atomic E-state index is 0.0771. The Bertz CT molecular complexity index is 645. The van der Waals surface area contributed by atoms with Crippen molar-refractivity contribution in [1.29, 1.82) is 0 Å². The number of nitrogens with one attached hydrogen (secondary N) is 1. The van der Waals surface area contributed by atoms with Crippen molar-refractivity contribution in [3.05, 3.63) is 46.9 Å². The van der Waals surface area contributed by atoms with Crippen molar-refractivity contribution in [1.82, 2.24) is 10.2 Å².